The maximum atomic E-state index is 12.6. The summed E-state index contributed by atoms with van der Waals surface area (Å²) in [5.41, 5.74) is 0. The number of ketones is 1. The summed E-state index contributed by atoms with van der Waals surface area (Å²) in [7, 11) is 1.99. The first kappa shape index (κ1) is 15.0. The standard InChI is InChI=1S/C16H30N2O/c1-17-12-5-4-11-15-16(19)13-7-2-3-9-14(18-15)10-6-8-13/h13-15,17-18H,2-12H2,1H3. The zero-order valence-corrected chi connectivity index (χ0v) is 12.4. The molecule has 110 valence electrons. The van der Waals surface area contributed by atoms with E-state index in [1.807, 2.05) is 7.05 Å². The summed E-state index contributed by atoms with van der Waals surface area (Å²) in [5.74, 6) is 0.872. The van der Waals surface area contributed by atoms with Crippen molar-refractivity contribution in [1.82, 2.24) is 10.6 Å². The zero-order valence-electron chi connectivity index (χ0n) is 12.4. The Labute approximate surface area is 117 Å². The van der Waals surface area contributed by atoms with E-state index in [9.17, 15) is 4.79 Å². The van der Waals surface area contributed by atoms with Gasteiger partial charge in [0, 0.05) is 12.0 Å². The third kappa shape index (κ3) is 4.57. The van der Waals surface area contributed by atoms with Gasteiger partial charge in [0.05, 0.1) is 6.04 Å². The SMILES string of the molecule is CNCCCCC1NC2CCCCC(CCC2)C1=O. The van der Waals surface area contributed by atoms with E-state index in [2.05, 4.69) is 10.6 Å². The van der Waals surface area contributed by atoms with Gasteiger partial charge < -0.3 is 10.6 Å². The fourth-order valence-corrected chi connectivity index (χ4v) is 3.66. The molecule has 3 nitrogen and oxygen atoms in total. The molecule has 0 aromatic carbocycles. The summed E-state index contributed by atoms with van der Waals surface area (Å²) < 4.78 is 0. The van der Waals surface area contributed by atoms with Gasteiger partial charge >= 0.3 is 0 Å². The van der Waals surface area contributed by atoms with Crippen LogP contribution in [0.25, 0.3) is 0 Å². The van der Waals surface area contributed by atoms with Crippen molar-refractivity contribution in [3.05, 3.63) is 0 Å². The van der Waals surface area contributed by atoms with Crippen LogP contribution in [0, 0.1) is 5.92 Å². The van der Waals surface area contributed by atoms with Gasteiger partial charge in [0.2, 0.25) is 0 Å². The van der Waals surface area contributed by atoms with Gasteiger partial charge in [0.1, 0.15) is 0 Å². The van der Waals surface area contributed by atoms with Crippen molar-refractivity contribution in [2.45, 2.75) is 76.3 Å². The highest BCUT2D eigenvalue weighted by atomic mass is 16.1. The smallest absolute Gasteiger partial charge is 0.152 e. The molecule has 2 bridgehead atoms. The minimum Gasteiger partial charge on any atom is -0.320 e. The summed E-state index contributed by atoms with van der Waals surface area (Å²) in [6.07, 6.45) is 12.0. The number of Topliss-reactive ketones (excluding diaryl/α,β-unsaturated/α-hetero) is 1. The number of carbonyl (C=O) groups excluding carboxylic acids is 1. The second kappa shape index (κ2) is 8.01. The van der Waals surface area contributed by atoms with Gasteiger partial charge in [0.25, 0.3) is 0 Å². The molecule has 0 spiro atoms. The van der Waals surface area contributed by atoms with E-state index < -0.39 is 0 Å². The molecule has 1 aliphatic carbocycles. The average Bonchev–Trinajstić information content (AvgIpc) is 2.56. The molecule has 3 rings (SSSR count). The monoisotopic (exact) mass is 266 g/mol. The van der Waals surface area contributed by atoms with Crippen molar-refractivity contribution in [2.24, 2.45) is 5.92 Å². The lowest BCUT2D eigenvalue weighted by Gasteiger charge is -2.29. The highest BCUT2D eigenvalue weighted by molar-refractivity contribution is 5.86. The molecule has 1 saturated carbocycles. The number of hydrogen-bond donors (Lipinski definition) is 2. The van der Waals surface area contributed by atoms with Gasteiger partial charge in [0.15, 0.2) is 5.78 Å². The Morgan fingerprint density at radius 1 is 1.11 bits per heavy atom. The van der Waals surface area contributed by atoms with E-state index in [4.69, 9.17) is 0 Å². The molecule has 0 aromatic heterocycles. The first-order valence-electron chi connectivity index (χ1n) is 8.25. The van der Waals surface area contributed by atoms with Crippen LogP contribution >= 0.6 is 0 Å². The van der Waals surface area contributed by atoms with Gasteiger partial charge in [-0.15, -0.1) is 0 Å². The van der Waals surface area contributed by atoms with Crippen LogP contribution in [0.15, 0.2) is 0 Å². The first-order chi connectivity index (χ1) is 9.31. The summed E-state index contributed by atoms with van der Waals surface area (Å²) in [6.45, 7) is 1.06. The molecule has 0 aromatic rings. The predicted molar refractivity (Wildman–Crippen MR) is 79.3 cm³/mol. The molecule has 0 amide bonds. The van der Waals surface area contributed by atoms with Gasteiger partial charge in [-0.1, -0.05) is 25.7 Å². The van der Waals surface area contributed by atoms with Crippen molar-refractivity contribution in [1.29, 1.82) is 0 Å². The van der Waals surface area contributed by atoms with Gasteiger partial charge in [-0.25, -0.2) is 0 Å². The number of nitrogens with one attached hydrogen (secondary N) is 2. The molecular formula is C16H30N2O. The minimum atomic E-state index is 0.144. The maximum absolute atomic E-state index is 12.6. The van der Waals surface area contributed by atoms with Crippen LogP contribution in [-0.4, -0.2) is 31.5 Å². The van der Waals surface area contributed by atoms with Crippen LogP contribution in [0.5, 0.6) is 0 Å². The third-order valence-corrected chi connectivity index (χ3v) is 4.81. The fraction of sp³-hybridized carbons (Fsp3) is 0.938. The summed E-state index contributed by atoms with van der Waals surface area (Å²) in [4.78, 5) is 12.6. The van der Waals surface area contributed by atoms with Crippen molar-refractivity contribution in [2.75, 3.05) is 13.6 Å². The first-order valence-corrected chi connectivity index (χ1v) is 8.25. The van der Waals surface area contributed by atoms with Gasteiger partial charge in [-0.05, 0) is 52.1 Å². The molecule has 2 N–H and O–H groups in total. The maximum Gasteiger partial charge on any atom is 0.152 e. The van der Waals surface area contributed by atoms with Crippen LogP contribution < -0.4 is 10.6 Å². The topological polar surface area (TPSA) is 41.1 Å². The molecule has 2 aliphatic heterocycles. The Morgan fingerprint density at radius 3 is 2.68 bits per heavy atom. The Morgan fingerprint density at radius 2 is 1.84 bits per heavy atom. The average molecular weight is 266 g/mol. The molecule has 3 atom stereocenters. The lowest BCUT2D eigenvalue weighted by atomic mass is 9.85. The van der Waals surface area contributed by atoms with E-state index in [0.717, 1.165) is 32.2 Å². The van der Waals surface area contributed by atoms with Crippen molar-refractivity contribution < 1.29 is 4.79 Å². The van der Waals surface area contributed by atoms with Gasteiger partial charge in [-0.3, -0.25) is 4.79 Å². The predicted octanol–water partition coefficient (Wildman–Crippen LogP) is 2.65. The minimum absolute atomic E-state index is 0.144. The van der Waals surface area contributed by atoms with Crippen molar-refractivity contribution in [3.8, 4) is 0 Å². The second-order valence-corrected chi connectivity index (χ2v) is 6.33. The third-order valence-electron chi connectivity index (χ3n) is 4.81. The van der Waals surface area contributed by atoms with Crippen molar-refractivity contribution in [3.63, 3.8) is 0 Å². The molecule has 3 fully saturated rings. The summed E-state index contributed by atoms with van der Waals surface area (Å²) in [6, 6.07) is 0.738. The lowest BCUT2D eigenvalue weighted by Crippen LogP contribution is -2.46. The number of unbranched alkanes of at least 4 members (excludes halogenated alkanes) is 1. The van der Waals surface area contributed by atoms with Crippen LogP contribution in [0.4, 0.5) is 0 Å². The van der Waals surface area contributed by atoms with E-state index >= 15 is 0 Å². The molecular weight excluding hydrogens is 236 g/mol. The van der Waals surface area contributed by atoms with Crippen molar-refractivity contribution >= 4 is 5.78 Å². The molecule has 3 heteroatoms. The highest BCUT2D eigenvalue weighted by Crippen LogP contribution is 2.28. The van der Waals surface area contributed by atoms with E-state index in [0.29, 0.717) is 17.7 Å². The summed E-state index contributed by atoms with van der Waals surface area (Å²) >= 11 is 0. The largest absolute Gasteiger partial charge is 0.320 e. The highest BCUT2D eigenvalue weighted by Gasteiger charge is 2.31. The molecule has 19 heavy (non-hydrogen) atoms. The van der Waals surface area contributed by atoms with Crippen LogP contribution in [0.1, 0.15) is 64.2 Å². The molecule has 2 heterocycles. The molecule has 3 aliphatic rings. The Hall–Kier alpha value is -0.410. The quantitative estimate of drug-likeness (QED) is 0.752. The second-order valence-electron chi connectivity index (χ2n) is 6.33. The van der Waals surface area contributed by atoms with E-state index in [1.165, 1.54) is 38.5 Å². The number of fused-ring (bicyclic) bond motifs is 7. The molecule has 3 unspecified atom stereocenters. The Balaban J connectivity index is 1.93. The number of hydrogen-bond acceptors (Lipinski definition) is 3. The Bertz CT molecular complexity index is 276. The lowest BCUT2D eigenvalue weighted by molar-refractivity contribution is -0.126. The van der Waals surface area contributed by atoms with E-state index in [-0.39, 0.29) is 6.04 Å². The summed E-state index contributed by atoms with van der Waals surface area (Å²) in [5, 5.41) is 6.87. The fourth-order valence-electron chi connectivity index (χ4n) is 3.66. The number of carbonyl (C=O) groups is 1. The zero-order chi connectivity index (χ0) is 13.5. The van der Waals surface area contributed by atoms with Crippen LogP contribution in [0.3, 0.4) is 0 Å². The van der Waals surface area contributed by atoms with Gasteiger partial charge in [-0.2, -0.15) is 0 Å². The molecule has 0 radical (unpaired) electrons. The number of rotatable bonds is 5. The Kier molecular flexibility index (Phi) is 6.32. The molecule has 2 saturated heterocycles. The van der Waals surface area contributed by atoms with E-state index in [1.54, 1.807) is 0 Å². The van der Waals surface area contributed by atoms with Crippen LogP contribution in [0.2, 0.25) is 0 Å². The normalized spacial score (nSPS) is 32.5. The van der Waals surface area contributed by atoms with Crippen LogP contribution in [-0.2, 0) is 4.79 Å².